The minimum absolute atomic E-state index is 0.0211. The Hall–Kier alpha value is -2.45. The van der Waals surface area contributed by atoms with Gasteiger partial charge in [-0.25, -0.2) is 4.39 Å². The third kappa shape index (κ3) is 4.12. The van der Waals surface area contributed by atoms with Gasteiger partial charge in [-0.2, -0.15) is 0 Å². The highest BCUT2D eigenvalue weighted by Gasteiger charge is 2.30. The number of benzene rings is 2. The van der Waals surface area contributed by atoms with Gasteiger partial charge in [0.2, 0.25) is 0 Å². The maximum Gasteiger partial charge on any atom is 0.257 e. The lowest BCUT2D eigenvalue weighted by atomic mass is 9.89. The molecular formula is C18H17ClFN4O2S+. The normalized spacial score (nSPS) is 19.3. The monoisotopic (exact) mass is 407 g/mol. The zero-order valence-electron chi connectivity index (χ0n) is 14.4. The predicted octanol–water partition coefficient (Wildman–Crippen LogP) is 2.88. The Morgan fingerprint density at radius 3 is 2.81 bits per heavy atom. The van der Waals surface area contributed by atoms with Crippen LogP contribution in [0.15, 0.2) is 41.4 Å². The molecule has 3 rings (SSSR count). The summed E-state index contributed by atoms with van der Waals surface area (Å²) >= 11 is 7.51. The molecule has 6 nitrogen and oxygen atoms in total. The molecule has 0 radical (unpaired) electrons. The topological polar surface area (TPSA) is 98.5 Å². The number of nitrogens with two attached hydrogens (primary N) is 1. The number of carbonyl (C=O) groups excluding carboxylic acids is 1. The average Bonchev–Trinajstić information content (AvgIpc) is 2.63. The number of amides is 1. The molecule has 1 heterocycles. The molecule has 0 spiro atoms. The van der Waals surface area contributed by atoms with Crippen molar-refractivity contribution in [2.24, 2.45) is 10.7 Å². The number of aliphatic imine (C=N–C) groups is 1. The number of nitrogens with one attached hydrogen (secondary N) is 2. The molecule has 1 amide bonds. The summed E-state index contributed by atoms with van der Waals surface area (Å²) in [6, 6.07) is 8.62. The number of amidine groups is 1. The molecule has 0 aromatic heterocycles. The zero-order valence-corrected chi connectivity index (χ0v) is 16.0. The lowest BCUT2D eigenvalue weighted by molar-refractivity contribution is -0.379. The minimum atomic E-state index is -0.583. The highest BCUT2D eigenvalue weighted by molar-refractivity contribution is 8.13. The van der Waals surface area contributed by atoms with Gasteiger partial charge in [0.15, 0.2) is 5.17 Å². The summed E-state index contributed by atoms with van der Waals surface area (Å²) in [7, 11) is 0. The first-order valence-electron chi connectivity index (χ1n) is 8.09. The van der Waals surface area contributed by atoms with Gasteiger partial charge in [-0.05, 0) is 37.1 Å². The van der Waals surface area contributed by atoms with Crippen LogP contribution in [0.5, 0.6) is 0 Å². The molecule has 1 atom stereocenters. The third-order valence-corrected chi connectivity index (χ3v) is 5.47. The summed E-state index contributed by atoms with van der Waals surface area (Å²) in [6.45, 7) is 1.92. The number of carbonyl (C=O) groups is 1. The van der Waals surface area contributed by atoms with E-state index >= 15 is 0 Å². The number of anilines is 1. The largest absolute Gasteiger partial charge is 0.379 e. The summed E-state index contributed by atoms with van der Waals surface area (Å²) < 4.78 is 14.3. The molecule has 0 fully saturated rings. The highest BCUT2D eigenvalue weighted by Crippen LogP contribution is 2.36. The van der Waals surface area contributed by atoms with Crippen LogP contribution in [-0.2, 0) is 5.54 Å². The van der Waals surface area contributed by atoms with Gasteiger partial charge >= 0.3 is 0 Å². The van der Waals surface area contributed by atoms with Crippen LogP contribution in [0, 0.1) is 10.7 Å². The van der Waals surface area contributed by atoms with Crippen molar-refractivity contribution in [3.63, 3.8) is 0 Å². The van der Waals surface area contributed by atoms with Crippen molar-refractivity contribution in [2.45, 2.75) is 18.9 Å². The second-order valence-electron chi connectivity index (χ2n) is 6.27. The lowest BCUT2D eigenvalue weighted by Crippen LogP contribution is -2.55. The lowest BCUT2D eigenvalue weighted by Gasteiger charge is -2.30. The standard InChI is InChI=1S/C18H16ClFN4O2S/c1-18(6-7-27-17(21)23-18)10-2-5-14(20)15(8-10)22-16(25)12-4-3-11(24-26)9-13(12)19/h2-5,8-9H,6-7H2,1H3,(H2,21,23)(H,22,25)/p+1. The molecule has 0 bridgehead atoms. The Morgan fingerprint density at radius 1 is 1.37 bits per heavy atom. The van der Waals surface area contributed by atoms with E-state index < -0.39 is 17.3 Å². The zero-order chi connectivity index (χ0) is 19.6. The Labute approximate surface area is 164 Å². The second-order valence-corrected chi connectivity index (χ2v) is 7.79. The Morgan fingerprint density at radius 2 is 2.15 bits per heavy atom. The van der Waals surface area contributed by atoms with Gasteiger partial charge in [0.25, 0.3) is 11.6 Å². The molecule has 9 heteroatoms. The average molecular weight is 408 g/mol. The van der Waals surface area contributed by atoms with E-state index in [9.17, 15) is 14.1 Å². The van der Waals surface area contributed by atoms with Crippen molar-refractivity contribution >= 4 is 45.8 Å². The van der Waals surface area contributed by atoms with Gasteiger partial charge in [-0.15, -0.1) is 0 Å². The van der Waals surface area contributed by atoms with Crippen LogP contribution in [0.3, 0.4) is 0 Å². The van der Waals surface area contributed by atoms with Crippen LogP contribution in [0.1, 0.15) is 29.3 Å². The van der Waals surface area contributed by atoms with Crippen LogP contribution in [0.2, 0.25) is 5.02 Å². The molecule has 140 valence electrons. The second kappa shape index (κ2) is 7.66. The molecule has 0 saturated heterocycles. The summed E-state index contributed by atoms with van der Waals surface area (Å²) in [5.74, 6) is -0.353. The molecule has 4 N–H and O–H groups in total. The van der Waals surface area contributed by atoms with Crippen LogP contribution in [0.25, 0.3) is 0 Å². The fourth-order valence-corrected chi connectivity index (χ4v) is 4.04. The highest BCUT2D eigenvalue weighted by atomic mass is 35.5. The number of thioether (sulfide) groups is 1. The minimum Gasteiger partial charge on any atom is -0.379 e. The molecule has 27 heavy (non-hydrogen) atoms. The maximum atomic E-state index is 14.3. The van der Waals surface area contributed by atoms with Crippen molar-refractivity contribution in [3.8, 4) is 0 Å². The quantitative estimate of drug-likeness (QED) is 0.725. The predicted molar refractivity (Wildman–Crippen MR) is 106 cm³/mol. The SMILES string of the molecule is CC1(c2ccc(F)c(NC(=O)c3ccc([NH+]=O)cc3Cl)c2)CCSC(N)=N1. The Balaban J connectivity index is 1.90. The first kappa shape index (κ1) is 19.3. The number of halogens is 2. The fourth-order valence-electron chi connectivity index (χ4n) is 2.80. The van der Waals surface area contributed by atoms with Crippen molar-refractivity contribution in [1.29, 1.82) is 0 Å². The van der Waals surface area contributed by atoms with E-state index in [1.807, 2.05) is 6.92 Å². The molecule has 1 unspecified atom stereocenters. The van der Waals surface area contributed by atoms with E-state index in [1.54, 1.807) is 17.3 Å². The molecular weight excluding hydrogens is 391 g/mol. The van der Waals surface area contributed by atoms with E-state index in [-0.39, 0.29) is 22.0 Å². The smallest absolute Gasteiger partial charge is 0.257 e. The number of nitrogens with zero attached hydrogens (tertiary/aromatic N) is 1. The van der Waals surface area contributed by atoms with Crippen LogP contribution < -0.4 is 16.2 Å². The number of rotatable bonds is 4. The molecule has 2 aromatic rings. The molecule has 1 aliphatic rings. The van der Waals surface area contributed by atoms with Crippen molar-refractivity contribution in [2.75, 3.05) is 11.1 Å². The number of nitroso groups, excluding NO2 is 1. The summed E-state index contributed by atoms with van der Waals surface area (Å²) in [5.41, 5.74) is 6.38. The first-order valence-corrected chi connectivity index (χ1v) is 9.46. The van der Waals surface area contributed by atoms with Gasteiger partial charge in [-0.1, -0.05) is 29.4 Å². The van der Waals surface area contributed by atoms with Crippen molar-refractivity contribution < 1.29 is 14.4 Å². The van der Waals surface area contributed by atoms with E-state index in [2.05, 4.69) is 10.3 Å². The first-order chi connectivity index (χ1) is 12.8. The van der Waals surface area contributed by atoms with E-state index in [1.165, 1.54) is 36.0 Å². The van der Waals surface area contributed by atoms with Gasteiger partial charge in [-0.3, -0.25) is 9.79 Å². The van der Waals surface area contributed by atoms with Gasteiger partial charge in [0.1, 0.15) is 5.82 Å². The van der Waals surface area contributed by atoms with Gasteiger partial charge < -0.3 is 11.1 Å². The van der Waals surface area contributed by atoms with Crippen LogP contribution in [0.4, 0.5) is 15.8 Å². The van der Waals surface area contributed by atoms with E-state index in [0.29, 0.717) is 5.17 Å². The molecule has 2 aromatic carbocycles. The van der Waals surface area contributed by atoms with Gasteiger partial charge in [0.05, 0.1) is 21.8 Å². The third-order valence-electron chi connectivity index (χ3n) is 4.36. The van der Waals surface area contributed by atoms with Crippen molar-refractivity contribution in [3.05, 3.63) is 63.3 Å². The maximum absolute atomic E-state index is 14.3. The fraction of sp³-hybridized carbons (Fsp3) is 0.222. The summed E-state index contributed by atoms with van der Waals surface area (Å²) in [5, 5.41) is 4.79. The Bertz CT molecular complexity index is 953. The van der Waals surface area contributed by atoms with Crippen LogP contribution in [-0.4, -0.2) is 16.8 Å². The molecule has 0 aliphatic carbocycles. The molecule has 1 aliphatic heterocycles. The molecule has 0 saturated carbocycles. The Kier molecular flexibility index (Phi) is 5.48. The number of hydrogen-bond acceptors (Lipinski definition) is 5. The van der Waals surface area contributed by atoms with E-state index in [0.717, 1.165) is 17.7 Å². The number of hydrogen-bond donors (Lipinski definition) is 3. The van der Waals surface area contributed by atoms with Gasteiger partial charge in [0, 0.05) is 28.0 Å². The summed E-state index contributed by atoms with van der Waals surface area (Å²) in [4.78, 5) is 27.6. The van der Waals surface area contributed by atoms with Crippen molar-refractivity contribution in [1.82, 2.24) is 0 Å². The van der Waals surface area contributed by atoms with E-state index in [4.69, 9.17) is 17.3 Å². The summed E-state index contributed by atoms with van der Waals surface area (Å²) in [6.07, 6.45) is 0.743. The van der Waals surface area contributed by atoms with Crippen LogP contribution >= 0.6 is 23.4 Å².